The van der Waals surface area contributed by atoms with Crippen molar-refractivity contribution in [1.29, 1.82) is 0 Å². The molecular weight excluding hydrogens is 414 g/mol. The smallest absolute Gasteiger partial charge is 0.434 e. The maximum absolute atomic E-state index is 11.8. The van der Waals surface area contributed by atoms with Gasteiger partial charge in [-0.2, -0.15) is 26.3 Å². The summed E-state index contributed by atoms with van der Waals surface area (Å²) in [7, 11) is 0. The van der Waals surface area contributed by atoms with Gasteiger partial charge in [-0.15, -0.1) is 0 Å². The second-order valence-electron chi connectivity index (χ2n) is 5.48. The average molecular weight is 434 g/mol. The Bertz CT molecular complexity index is 606. The monoisotopic (exact) mass is 434 g/mol. The number of halogens is 6. The van der Waals surface area contributed by atoms with Crippen LogP contribution in [0.4, 0.5) is 26.3 Å². The zero-order valence-corrected chi connectivity index (χ0v) is 15.8. The Morgan fingerprint density at radius 3 is 1.17 bits per heavy atom. The zero-order valence-electron chi connectivity index (χ0n) is 15.8. The standard InChI is InChI=1S/C10H14O4.C7H6F6O2/c1-7(2)9(11)13-5-6-14-10(12)8(3)4;1-3(2)4(14)15-5(6(8,9)10)7(11,12)13/h1,3,5-6H2,2,4H3;5H,1H2,2H3. The fraction of sp³-hybridized carbons (Fsp3) is 0.471. The third-order valence-corrected chi connectivity index (χ3v) is 2.41. The highest BCUT2D eigenvalue weighted by molar-refractivity contribution is 5.88. The molecule has 0 rings (SSSR count). The molecule has 12 heteroatoms. The van der Waals surface area contributed by atoms with Crippen molar-refractivity contribution in [3.05, 3.63) is 36.5 Å². The number of esters is 3. The molecule has 0 bridgehead atoms. The van der Waals surface area contributed by atoms with Crippen molar-refractivity contribution >= 4 is 17.9 Å². The van der Waals surface area contributed by atoms with Gasteiger partial charge in [-0.05, 0) is 20.8 Å². The van der Waals surface area contributed by atoms with Crippen molar-refractivity contribution in [3.8, 4) is 0 Å². The van der Waals surface area contributed by atoms with E-state index in [9.17, 15) is 40.7 Å². The highest BCUT2D eigenvalue weighted by atomic mass is 19.4. The van der Waals surface area contributed by atoms with E-state index in [0.29, 0.717) is 11.1 Å². The molecule has 6 nitrogen and oxygen atoms in total. The first-order chi connectivity index (χ1) is 12.9. The first-order valence-electron chi connectivity index (χ1n) is 7.56. The minimum Gasteiger partial charge on any atom is -0.459 e. The Hall–Kier alpha value is -2.79. The summed E-state index contributed by atoms with van der Waals surface area (Å²) >= 11 is 0. The van der Waals surface area contributed by atoms with Crippen LogP contribution in [0.1, 0.15) is 20.8 Å². The van der Waals surface area contributed by atoms with Gasteiger partial charge in [0.2, 0.25) is 0 Å². The van der Waals surface area contributed by atoms with Crippen LogP contribution < -0.4 is 0 Å². The Morgan fingerprint density at radius 1 is 0.690 bits per heavy atom. The molecular formula is C17H20F6O6. The summed E-state index contributed by atoms with van der Waals surface area (Å²) in [5, 5.41) is 0. The number of carbonyl (C=O) groups excluding carboxylic acids is 3. The van der Waals surface area contributed by atoms with Crippen LogP contribution in [-0.4, -0.2) is 49.6 Å². The van der Waals surface area contributed by atoms with E-state index >= 15 is 0 Å². The van der Waals surface area contributed by atoms with Gasteiger partial charge in [0.15, 0.2) is 0 Å². The van der Waals surface area contributed by atoms with E-state index in [0.717, 1.165) is 6.92 Å². The topological polar surface area (TPSA) is 78.9 Å². The van der Waals surface area contributed by atoms with Gasteiger partial charge in [0.25, 0.3) is 6.10 Å². The molecule has 0 fully saturated rings. The quantitative estimate of drug-likeness (QED) is 0.199. The molecule has 0 N–H and O–H groups in total. The fourth-order valence-corrected chi connectivity index (χ4v) is 1.04. The van der Waals surface area contributed by atoms with Gasteiger partial charge in [0.1, 0.15) is 13.2 Å². The number of ether oxygens (including phenoxy) is 3. The minimum absolute atomic E-state index is 0.0325. The molecule has 0 unspecified atom stereocenters. The van der Waals surface area contributed by atoms with Crippen LogP contribution in [0.5, 0.6) is 0 Å². The van der Waals surface area contributed by atoms with Crippen molar-refractivity contribution in [2.45, 2.75) is 39.2 Å². The third-order valence-electron chi connectivity index (χ3n) is 2.41. The van der Waals surface area contributed by atoms with Crippen LogP contribution in [0.2, 0.25) is 0 Å². The SMILES string of the molecule is C=C(C)C(=O)OC(C(F)(F)F)C(F)(F)F.C=C(C)C(=O)OCCOC(=O)C(=C)C. The molecule has 0 aromatic rings. The van der Waals surface area contributed by atoms with E-state index in [-0.39, 0.29) is 13.2 Å². The molecule has 0 radical (unpaired) electrons. The van der Waals surface area contributed by atoms with Crippen LogP contribution in [0.3, 0.4) is 0 Å². The van der Waals surface area contributed by atoms with E-state index in [4.69, 9.17) is 0 Å². The second-order valence-corrected chi connectivity index (χ2v) is 5.48. The van der Waals surface area contributed by atoms with E-state index in [1.54, 1.807) is 13.8 Å². The number of alkyl halides is 6. The summed E-state index contributed by atoms with van der Waals surface area (Å²) in [6, 6.07) is 0. The Morgan fingerprint density at radius 2 is 0.966 bits per heavy atom. The van der Waals surface area contributed by atoms with E-state index in [1.807, 2.05) is 0 Å². The Balaban J connectivity index is 0. The molecule has 0 spiro atoms. The molecule has 0 amide bonds. The van der Waals surface area contributed by atoms with Crippen molar-refractivity contribution < 1.29 is 54.9 Å². The van der Waals surface area contributed by atoms with E-state index in [2.05, 4.69) is 33.9 Å². The van der Waals surface area contributed by atoms with Crippen molar-refractivity contribution in [2.75, 3.05) is 13.2 Å². The van der Waals surface area contributed by atoms with Gasteiger partial charge in [-0.25, -0.2) is 14.4 Å². The van der Waals surface area contributed by atoms with Gasteiger partial charge >= 0.3 is 30.3 Å². The molecule has 0 heterocycles. The first kappa shape index (κ1) is 28.4. The van der Waals surface area contributed by atoms with Gasteiger partial charge in [-0.3, -0.25) is 0 Å². The minimum atomic E-state index is -5.69. The van der Waals surface area contributed by atoms with Crippen LogP contribution in [0.25, 0.3) is 0 Å². The zero-order chi connectivity index (χ0) is 23.6. The van der Waals surface area contributed by atoms with Crippen LogP contribution in [-0.2, 0) is 28.6 Å². The molecule has 0 aliphatic rings. The normalized spacial score (nSPS) is 11.0. The average Bonchev–Trinajstić information content (AvgIpc) is 2.53. The van der Waals surface area contributed by atoms with Crippen LogP contribution in [0, 0.1) is 0 Å². The van der Waals surface area contributed by atoms with Gasteiger partial charge < -0.3 is 14.2 Å². The lowest BCUT2D eigenvalue weighted by Gasteiger charge is -2.22. The third kappa shape index (κ3) is 13.1. The maximum atomic E-state index is 11.8. The Labute approximate surface area is 162 Å². The number of carbonyl (C=O) groups is 3. The molecule has 166 valence electrons. The lowest BCUT2D eigenvalue weighted by atomic mass is 10.3. The molecule has 0 aliphatic carbocycles. The molecule has 0 saturated heterocycles. The van der Waals surface area contributed by atoms with Crippen LogP contribution in [0.15, 0.2) is 36.5 Å². The summed E-state index contributed by atoms with van der Waals surface area (Å²) in [6.45, 7) is 13.8. The molecule has 0 aromatic heterocycles. The van der Waals surface area contributed by atoms with Crippen molar-refractivity contribution in [3.63, 3.8) is 0 Å². The number of rotatable bonds is 7. The summed E-state index contributed by atoms with van der Waals surface area (Å²) in [6.07, 6.45) is -15.5. The molecule has 0 atom stereocenters. The largest absolute Gasteiger partial charge is 0.459 e. The van der Waals surface area contributed by atoms with Crippen LogP contribution >= 0.6 is 0 Å². The van der Waals surface area contributed by atoms with E-state index < -0.39 is 41.9 Å². The van der Waals surface area contributed by atoms with Gasteiger partial charge in [0, 0.05) is 16.7 Å². The number of hydrogen-bond acceptors (Lipinski definition) is 6. The van der Waals surface area contributed by atoms with Gasteiger partial charge in [-0.1, -0.05) is 19.7 Å². The maximum Gasteiger partial charge on any atom is 0.434 e. The van der Waals surface area contributed by atoms with Crippen molar-refractivity contribution in [2.24, 2.45) is 0 Å². The van der Waals surface area contributed by atoms with Crippen molar-refractivity contribution in [1.82, 2.24) is 0 Å². The molecule has 29 heavy (non-hydrogen) atoms. The van der Waals surface area contributed by atoms with Gasteiger partial charge in [0.05, 0.1) is 0 Å². The second kappa shape index (κ2) is 11.9. The highest BCUT2D eigenvalue weighted by Crippen LogP contribution is 2.35. The number of hydrogen-bond donors (Lipinski definition) is 0. The summed E-state index contributed by atoms with van der Waals surface area (Å²) in [5.74, 6) is -2.72. The lowest BCUT2D eigenvalue weighted by molar-refractivity contribution is -0.312. The summed E-state index contributed by atoms with van der Waals surface area (Å²) in [4.78, 5) is 32.2. The van der Waals surface area contributed by atoms with E-state index in [1.165, 1.54) is 0 Å². The summed E-state index contributed by atoms with van der Waals surface area (Å²) in [5.41, 5.74) is 0.0842. The Kier molecular flexibility index (Phi) is 11.7. The first-order valence-corrected chi connectivity index (χ1v) is 7.56. The predicted molar refractivity (Wildman–Crippen MR) is 88.4 cm³/mol. The lowest BCUT2D eigenvalue weighted by Crippen LogP contribution is -2.45. The highest BCUT2D eigenvalue weighted by Gasteiger charge is 2.59. The molecule has 0 aromatic carbocycles. The predicted octanol–water partition coefficient (Wildman–Crippen LogP) is 3.82. The fourth-order valence-electron chi connectivity index (χ4n) is 1.04. The molecule has 0 aliphatic heterocycles. The summed E-state index contributed by atoms with van der Waals surface area (Å²) < 4.78 is 83.5. The molecule has 0 saturated carbocycles.